The summed E-state index contributed by atoms with van der Waals surface area (Å²) >= 11 is 6.36. The van der Waals surface area contributed by atoms with Gasteiger partial charge in [-0.05, 0) is 90.3 Å². The lowest BCUT2D eigenvalue weighted by Crippen LogP contribution is -2.56. The third-order valence-corrected chi connectivity index (χ3v) is 12.9. The van der Waals surface area contributed by atoms with Crippen molar-refractivity contribution in [1.29, 1.82) is 0 Å². The Hall–Kier alpha value is -5.82. The number of amides is 4. The first-order chi connectivity index (χ1) is 32.9. The van der Waals surface area contributed by atoms with E-state index in [-0.39, 0.29) is 51.0 Å². The first-order valence-corrected chi connectivity index (χ1v) is 24.6. The van der Waals surface area contributed by atoms with Gasteiger partial charge in [-0.15, -0.1) is 0 Å². The number of nitrogens with zero attached hydrogens (tertiary/aromatic N) is 4. The van der Waals surface area contributed by atoms with Crippen molar-refractivity contribution in [3.8, 4) is 22.6 Å². The lowest BCUT2D eigenvalue weighted by atomic mass is 9.83. The Balaban J connectivity index is 0.000000264. The van der Waals surface area contributed by atoms with Gasteiger partial charge in [-0.1, -0.05) is 47.6 Å². The smallest absolute Gasteiger partial charge is 0.489 e. The van der Waals surface area contributed by atoms with Crippen LogP contribution in [0.5, 0.6) is 11.5 Å². The van der Waals surface area contributed by atoms with Crippen LogP contribution in [-0.2, 0) is 28.7 Å². The summed E-state index contributed by atoms with van der Waals surface area (Å²) in [4.78, 5) is 84.5. The fourth-order valence-electron chi connectivity index (χ4n) is 7.43. The zero-order valence-corrected chi connectivity index (χ0v) is 43.3. The zero-order valence-electron chi connectivity index (χ0n) is 40.1. The highest BCUT2D eigenvalue weighted by Crippen LogP contribution is 2.32. The highest BCUT2D eigenvalue weighted by atomic mass is 79.9. The summed E-state index contributed by atoms with van der Waals surface area (Å²) in [5, 5.41) is 48.9. The number of likely N-dealkylation sites (tertiary alicyclic amines) is 2. The van der Waals surface area contributed by atoms with Crippen LogP contribution >= 0.6 is 38.6 Å². The largest absolute Gasteiger partial charge is 0.492 e. The van der Waals surface area contributed by atoms with Crippen molar-refractivity contribution in [2.24, 2.45) is 22.7 Å². The van der Waals surface area contributed by atoms with Crippen LogP contribution in [0, 0.1) is 22.7 Å². The molecule has 6 rings (SSSR count). The van der Waals surface area contributed by atoms with Gasteiger partial charge in [0.15, 0.2) is 0 Å². The van der Waals surface area contributed by atoms with Crippen LogP contribution in [-0.4, -0.2) is 148 Å². The van der Waals surface area contributed by atoms with Crippen LogP contribution < -0.4 is 25.6 Å². The first-order valence-electron chi connectivity index (χ1n) is 21.9. The number of alkyl carbamates (subject to hydrolysis) is 2. The van der Waals surface area contributed by atoms with E-state index >= 15 is 0 Å². The number of carbonyl (C=O) groups excluding carboxylic acids is 4. The van der Waals surface area contributed by atoms with Crippen molar-refractivity contribution >= 4 is 87.1 Å². The van der Waals surface area contributed by atoms with Crippen LogP contribution in [0.25, 0.3) is 11.1 Å². The predicted octanol–water partition coefficient (Wildman–Crippen LogP) is 4.98. The van der Waals surface area contributed by atoms with E-state index < -0.39 is 78.1 Å². The quantitative estimate of drug-likeness (QED) is 0.0908. The maximum Gasteiger partial charge on any atom is 0.489 e. The maximum absolute atomic E-state index is 13.3. The van der Waals surface area contributed by atoms with Crippen molar-refractivity contribution in [2.45, 2.75) is 78.6 Å². The third-order valence-electron chi connectivity index (χ3n) is 11.1. The Kier molecular flexibility index (Phi) is 21.0. The lowest BCUT2D eigenvalue weighted by Gasteiger charge is -2.34. The molecule has 0 radical (unpaired) electrons. The molecule has 0 aliphatic carbocycles. The molecule has 2 saturated heterocycles. The predicted molar refractivity (Wildman–Crippen MR) is 265 cm³/mol. The number of ether oxygens (including phenoxy) is 4. The molecule has 0 unspecified atom stereocenters. The van der Waals surface area contributed by atoms with E-state index in [1.54, 1.807) is 101 Å². The first kappa shape index (κ1) is 56.8. The second-order valence-corrected chi connectivity index (χ2v) is 21.1. The van der Waals surface area contributed by atoms with Gasteiger partial charge in [-0.2, -0.15) is 22.7 Å². The van der Waals surface area contributed by atoms with Crippen molar-refractivity contribution in [3.63, 3.8) is 0 Å². The standard InChI is InChI=1S/C23H29N3O6S.C19H26BrN3O6.C4H5BO2S/c1-23(2,3)19(25-22(30)31-4)20(27)26-11-14(7-18(26)21(28)29)12-32-17-8-16(9-24-10-17)15-5-6-33-13-15;1-19(2,3)15(22-18(27)28-4)16(24)23-9-11(5-14(23)17(25)26)10-29-13-6-12(20)7-21-8-13;6-5(7)4-1-2-8-3-4/h5-6,8-10,13-14,18-19H,7,11-12H2,1-4H3,(H,25,30)(H,28,29);6-8,11,14-15H,5,9-10H2,1-4H3,(H,22,27)(H,25,26);1-3,6-7H/t14-,18+,19-;11-,14+,15-;/m11./s1. The van der Waals surface area contributed by atoms with Gasteiger partial charge >= 0.3 is 31.2 Å². The van der Waals surface area contributed by atoms with Crippen molar-refractivity contribution in [1.82, 2.24) is 30.4 Å². The lowest BCUT2D eigenvalue weighted by molar-refractivity contribution is -0.150. The van der Waals surface area contributed by atoms with Gasteiger partial charge in [-0.25, -0.2) is 19.2 Å². The second-order valence-electron chi connectivity index (χ2n) is 18.6. The van der Waals surface area contributed by atoms with Crippen molar-refractivity contribution in [3.05, 3.63) is 75.0 Å². The Morgan fingerprint density at radius 3 is 1.54 bits per heavy atom. The minimum Gasteiger partial charge on any atom is -0.492 e. The number of halogens is 1. The van der Waals surface area contributed by atoms with Crippen LogP contribution in [0.15, 0.2) is 75.0 Å². The summed E-state index contributed by atoms with van der Waals surface area (Å²) in [5.41, 5.74) is 1.27. The number of carboxylic acids is 2. The van der Waals surface area contributed by atoms with E-state index in [1.165, 1.54) is 35.4 Å². The van der Waals surface area contributed by atoms with Crippen LogP contribution in [0.2, 0.25) is 0 Å². The molecule has 2 aliphatic heterocycles. The van der Waals surface area contributed by atoms with Crippen LogP contribution in [0.1, 0.15) is 54.4 Å². The summed E-state index contributed by atoms with van der Waals surface area (Å²) in [6.07, 6.45) is 5.59. The summed E-state index contributed by atoms with van der Waals surface area (Å²) in [6, 6.07) is 3.48. The molecule has 6 N–H and O–H groups in total. The molecule has 4 amide bonds. The highest BCUT2D eigenvalue weighted by Gasteiger charge is 2.47. The number of aliphatic carboxylic acids is 2. The fourth-order valence-corrected chi connectivity index (χ4v) is 9.11. The maximum atomic E-state index is 13.3. The van der Waals surface area contributed by atoms with Gasteiger partial charge in [0.2, 0.25) is 11.8 Å². The number of aromatic nitrogens is 2. The highest BCUT2D eigenvalue weighted by molar-refractivity contribution is 9.10. The molecule has 0 bridgehead atoms. The minimum atomic E-state index is -1.30. The molecule has 4 aromatic rings. The SMILES string of the molecule is COC(=O)N[C@H](C(=O)N1C[C@H](COc2cncc(-c3ccsc3)c2)C[C@H]1C(=O)O)C(C)(C)C.COC(=O)N[C@H](C(=O)N1C[C@H](COc2cncc(Br)c2)C[C@H]1C(=O)O)C(C)(C)C.OB(O)c1ccsc1. The molecule has 6 heterocycles. The Bertz CT molecular complexity index is 2370. The number of carbonyl (C=O) groups is 6. The number of hydrogen-bond acceptors (Lipinski definition) is 16. The van der Waals surface area contributed by atoms with Gasteiger partial charge in [0.25, 0.3) is 0 Å². The monoisotopic (exact) mass is 1070 g/mol. The number of nitrogens with one attached hydrogen (secondary N) is 2. The molecular formula is C46H60BBrN6O14S2. The fraction of sp³-hybridized carbons (Fsp3) is 0.478. The average Bonchev–Trinajstić information content (AvgIpc) is 4.16. The van der Waals surface area contributed by atoms with Gasteiger partial charge < -0.3 is 59.6 Å². The summed E-state index contributed by atoms with van der Waals surface area (Å²) in [7, 11) is 1.12. The van der Waals surface area contributed by atoms with Crippen LogP contribution in [0.4, 0.5) is 9.59 Å². The molecule has 0 saturated carbocycles. The van der Waals surface area contributed by atoms with E-state index in [0.717, 1.165) is 15.6 Å². The van der Waals surface area contributed by atoms with Crippen molar-refractivity contribution in [2.75, 3.05) is 40.5 Å². The average molecular weight is 1080 g/mol. The van der Waals surface area contributed by atoms with Gasteiger partial charge in [-0.3, -0.25) is 19.6 Å². The second kappa shape index (κ2) is 25.9. The Morgan fingerprint density at radius 2 is 1.17 bits per heavy atom. The Morgan fingerprint density at radius 1 is 0.714 bits per heavy atom. The Labute approximate surface area is 423 Å². The number of thiophene rings is 2. The normalized spacial score (nSPS) is 18.4. The summed E-state index contributed by atoms with van der Waals surface area (Å²) in [6.45, 7) is 11.7. The van der Waals surface area contributed by atoms with E-state index in [1.807, 2.05) is 22.9 Å². The van der Waals surface area contributed by atoms with E-state index in [4.69, 9.17) is 19.5 Å². The molecule has 6 atom stereocenters. The number of carboxylic acid groups (broad SMARTS) is 2. The summed E-state index contributed by atoms with van der Waals surface area (Å²) in [5.74, 6) is -2.30. The molecular weight excluding hydrogens is 1020 g/mol. The number of rotatable bonds is 14. The molecule has 2 aliphatic rings. The number of methoxy groups -OCH3 is 2. The van der Waals surface area contributed by atoms with Crippen molar-refractivity contribution < 1.29 is 68.0 Å². The van der Waals surface area contributed by atoms with E-state index in [0.29, 0.717) is 17.0 Å². The van der Waals surface area contributed by atoms with Gasteiger partial charge in [0, 0.05) is 47.4 Å². The van der Waals surface area contributed by atoms with Gasteiger partial charge in [0.1, 0.15) is 35.7 Å². The molecule has 20 nitrogen and oxygen atoms in total. The molecule has 2 fully saturated rings. The molecule has 0 spiro atoms. The van der Waals surface area contributed by atoms with E-state index in [2.05, 4.69) is 46.0 Å². The van der Waals surface area contributed by atoms with Gasteiger partial charge in [0.05, 0.1) is 39.8 Å². The summed E-state index contributed by atoms with van der Waals surface area (Å²) < 4.78 is 21.7. The molecule has 70 heavy (non-hydrogen) atoms. The molecule has 24 heteroatoms. The minimum absolute atomic E-state index is 0.169. The molecule has 0 aromatic carbocycles. The zero-order chi connectivity index (χ0) is 51.9. The number of hydrogen-bond donors (Lipinski definition) is 6. The number of pyridine rings is 2. The van der Waals surface area contributed by atoms with Crippen LogP contribution in [0.3, 0.4) is 0 Å². The molecule has 4 aromatic heterocycles. The van der Waals surface area contributed by atoms with E-state index in [9.17, 15) is 39.0 Å². The molecule has 380 valence electrons. The third kappa shape index (κ3) is 16.7. The topological polar surface area (TPSA) is 277 Å².